The molecule has 1 aromatic heterocycles. The molecule has 1 aliphatic heterocycles. The molecule has 0 saturated carbocycles. The minimum absolute atomic E-state index is 0.0694. The fraction of sp³-hybridized carbons (Fsp3) is 0.333. The Morgan fingerprint density at radius 1 is 1.19 bits per heavy atom. The van der Waals surface area contributed by atoms with Crippen molar-refractivity contribution in [2.24, 2.45) is 0 Å². The molecule has 3 rings (SSSR count). The van der Waals surface area contributed by atoms with E-state index in [4.69, 9.17) is 4.74 Å². The molecule has 0 spiro atoms. The van der Waals surface area contributed by atoms with Gasteiger partial charge in [-0.15, -0.1) is 0 Å². The van der Waals surface area contributed by atoms with Crippen molar-refractivity contribution in [3.8, 4) is 0 Å². The van der Waals surface area contributed by atoms with E-state index in [-0.39, 0.29) is 11.5 Å². The number of carbonyl (C=O) groups excluding carboxylic acids is 1. The lowest BCUT2D eigenvalue weighted by atomic mass is 9.81. The van der Waals surface area contributed by atoms with Crippen molar-refractivity contribution in [2.45, 2.75) is 39.7 Å². The van der Waals surface area contributed by atoms with Gasteiger partial charge in [0.25, 0.3) is 5.56 Å². The van der Waals surface area contributed by atoms with Crippen LogP contribution in [0.4, 0.5) is 5.69 Å². The minimum Gasteiger partial charge on any atom is -0.463 e. The van der Waals surface area contributed by atoms with Crippen LogP contribution in [0.5, 0.6) is 0 Å². The number of nitrogens with one attached hydrogen (secondary N) is 1. The number of carbonyl (C=O) groups is 1. The summed E-state index contributed by atoms with van der Waals surface area (Å²) in [7, 11) is 0. The van der Waals surface area contributed by atoms with E-state index in [1.54, 1.807) is 11.5 Å². The SMILES string of the molecule is CCCn1ccc2c(c1=O)C(c1ccccc1)C(C(=O)OCC)=C(C)N2. The van der Waals surface area contributed by atoms with Crippen molar-refractivity contribution in [2.75, 3.05) is 11.9 Å². The summed E-state index contributed by atoms with van der Waals surface area (Å²) < 4.78 is 7.00. The van der Waals surface area contributed by atoms with E-state index in [1.807, 2.05) is 56.4 Å². The number of allylic oxidation sites excluding steroid dienone is 1. The first-order valence-corrected chi connectivity index (χ1v) is 9.01. The second-order valence-corrected chi connectivity index (χ2v) is 6.37. The number of fused-ring (bicyclic) bond motifs is 1. The third-order valence-electron chi connectivity index (χ3n) is 4.60. The van der Waals surface area contributed by atoms with Crippen molar-refractivity contribution in [1.29, 1.82) is 0 Å². The van der Waals surface area contributed by atoms with Crippen molar-refractivity contribution in [1.82, 2.24) is 4.57 Å². The lowest BCUT2D eigenvalue weighted by Gasteiger charge is -2.30. The molecule has 0 amide bonds. The summed E-state index contributed by atoms with van der Waals surface area (Å²) in [5.41, 5.74) is 3.40. The first-order valence-electron chi connectivity index (χ1n) is 9.01. The van der Waals surface area contributed by atoms with Crippen LogP contribution in [0.3, 0.4) is 0 Å². The molecule has 5 nitrogen and oxygen atoms in total. The number of pyridine rings is 1. The first kappa shape index (κ1) is 18.0. The zero-order chi connectivity index (χ0) is 18.7. The summed E-state index contributed by atoms with van der Waals surface area (Å²) in [6.07, 6.45) is 2.67. The highest BCUT2D eigenvalue weighted by Crippen LogP contribution is 2.40. The number of ether oxygens (including phenoxy) is 1. The van der Waals surface area contributed by atoms with Gasteiger partial charge in [0.15, 0.2) is 0 Å². The topological polar surface area (TPSA) is 60.3 Å². The molecular weight excluding hydrogens is 328 g/mol. The molecule has 2 aromatic rings. The Balaban J connectivity index is 2.25. The quantitative estimate of drug-likeness (QED) is 0.835. The number of benzene rings is 1. The van der Waals surface area contributed by atoms with Gasteiger partial charge in [-0.05, 0) is 31.9 Å². The molecule has 1 atom stereocenters. The molecule has 26 heavy (non-hydrogen) atoms. The summed E-state index contributed by atoms with van der Waals surface area (Å²) in [4.78, 5) is 25.9. The number of anilines is 1. The highest BCUT2D eigenvalue weighted by atomic mass is 16.5. The maximum absolute atomic E-state index is 13.2. The molecule has 136 valence electrons. The Hall–Kier alpha value is -2.82. The van der Waals surface area contributed by atoms with Crippen LogP contribution >= 0.6 is 0 Å². The average Bonchev–Trinajstić information content (AvgIpc) is 2.64. The maximum atomic E-state index is 13.2. The van der Waals surface area contributed by atoms with E-state index in [0.29, 0.717) is 24.3 Å². The number of nitrogens with zero attached hydrogens (tertiary/aromatic N) is 1. The highest BCUT2D eigenvalue weighted by Gasteiger charge is 2.35. The molecule has 1 aromatic carbocycles. The number of rotatable bonds is 5. The normalized spacial score (nSPS) is 16.0. The number of aromatic nitrogens is 1. The third-order valence-corrected chi connectivity index (χ3v) is 4.60. The summed E-state index contributed by atoms with van der Waals surface area (Å²) in [6, 6.07) is 11.6. The van der Waals surface area contributed by atoms with Gasteiger partial charge in [0.2, 0.25) is 0 Å². The van der Waals surface area contributed by atoms with Gasteiger partial charge in [-0.2, -0.15) is 0 Å². The van der Waals surface area contributed by atoms with Crippen LogP contribution in [-0.2, 0) is 16.1 Å². The van der Waals surface area contributed by atoms with Crippen LogP contribution in [0.25, 0.3) is 0 Å². The zero-order valence-corrected chi connectivity index (χ0v) is 15.4. The Labute approximate surface area is 153 Å². The van der Waals surface area contributed by atoms with E-state index in [1.165, 1.54) is 0 Å². The maximum Gasteiger partial charge on any atom is 0.336 e. The van der Waals surface area contributed by atoms with E-state index in [0.717, 1.165) is 23.4 Å². The van der Waals surface area contributed by atoms with E-state index < -0.39 is 5.92 Å². The zero-order valence-electron chi connectivity index (χ0n) is 15.4. The summed E-state index contributed by atoms with van der Waals surface area (Å²) in [5, 5.41) is 3.22. The van der Waals surface area contributed by atoms with Crippen LogP contribution in [0.2, 0.25) is 0 Å². The predicted molar refractivity (Wildman–Crippen MR) is 102 cm³/mol. The molecule has 0 radical (unpaired) electrons. The largest absolute Gasteiger partial charge is 0.463 e. The molecule has 5 heteroatoms. The Bertz CT molecular complexity index is 897. The van der Waals surface area contributed by atoms with Gasteiger partial charge in [0.1, 0.15) is 0 Å². The smallest absolute Gasteiger partial charge is 0.336 e. The summed E-state index contributed by atoms with van der Waals surface area (Å²) >= 11 is 0. The fourth-order valence-electron chi connectivity index (χ4n) is 3.49. The molecule has 0 aliphatic carbocycles. The highest BCUT2D eigenvalue weighted by molar-refractivity contribution is 5.94. The van der Waals surface area contributed by atoms with Crippen LogP contribution in [0, 0.1) is 0 Å². The number of hydrogen-bond donors (Lipinski definition) is 1. The van der Waals surface area contributed by atoms with Crippen LogP contribution in [0.1, 0.15) is 44.2 Å². The fourth-order valence-corrected chi connectivity index (χ4v) is 3.49. The van der Waals surface area contributed by atoms with Crippen LogP contribution in [-0.4, -0.2) is 17.1 Å². The van der Waals surface area contributed by atoms with Gasteiger partial charge in [-0.3, -0.25) is 4.79 Å². The van der Waals surface area contributed by atoms with Crippen molar-refractivity contribution in [3.05, 3.63) is 75.3 Å². The van der Waals surface area contributed by atoms with E-state index in [2.05, 4.69) is 5.32 Å². The summed E-state index contributed by atoms with van der Waals surface area (Å²) in [5.74, 6) is -0.828. The van der Waals surface area contributed by atoms with E-state index in [9.17, 15) is 9.59 Å². The lowest BCUT2D eigenvalue weighted by molar-refractivity contribution is -0.138. The molecule has 1 unspecified atom stereocenters. The Morgan fingerprint density at radius 2 is 1.92 bits per heavy atom. The molecule has 0 saturated heterocycles. The number of aryl methyl sites for hydroxylation is 1. The molecule has 0 bridgehead atoms. The van der Waals surface area contributed by atoms with Crippen LogP contribution < -0.4 is 10.9 Å². The third kappa shape index (κ3) is 3.17. The van der Waals surface area contributed by atoms with Gasteiger partial charge >= 0.3 is 5.97 Å². The second kappa shape index (κ2) is 7.60. The van der Waals surface area contributed by atoms with Gasteiger partial charge in [-0.25, -0.2) is 4.79 Å². The van der Waals surface area contributed by atoms with Gasteiger partial charge in [0, 0.05) is 24.1 Å². The van der Waals surface area contributed by atoms with Crippen molar-refractivity contribution >= 4 is 11.7 Å². The predicted octanol–water partition coefficient (Wildman–Crippen LogP) is 3.65. The van der Waals surface area contributed by atoms with Gasteiger partial charge in [0.05, 0.1) is 23.7 Å². The first-order chi connectivity index (χ1) is 12.6. The molecule has 1 N–H and O–H groups in total. The van der Waals surface area contributed by atoms with Crippen molar-refractivity contribution in [3.63, 3.8) is 0 Å². The van der Waals surface area contributed by atoms with Crippen LogP contribution in [0.15, 0.2) is 58.7 Å². The molecule has 1 aliphatic rings. The molecular formula is C21H24N2O3. The average molecular weight is 352 g/mol. The number of hydrogen-bond acceptors (Lipinski definition) is 4. The second-order valence-electron chi connectivity index (χ2n) is 6.37. The lowest BCUT2D eigenvalue weighted by Crippen LogP contribution is -2.33. The van der Waals surface area contributed by atoms with Gasteiger partial charge < -0.3 is 14.6 Å². The molecule has 2 heterocycles. The Kier molecular flexibility index (Phi) is 5.26. The minimum atomic E-state index is -0.441. The number of esters is 1. The monoisotopic (exact) mass is 352 g/mol. The Morgan fingerprint density at radius 3 is 2.58 bits per heavy atom. The van der Waals surface area contributed by atoms with Gasteiger partial charge in [-0.1, -0.05) is 37.3 Å². The van der Waals surface area contributed by atoms with E-state index >= 15 is 0 Å². The summed E-state index contributed by atoms with van der Waals surface area (Å²) in [6.45, 7) is 6.60. The standard InChI is InChI=1S/C21H24N2O3/c1-4-12-23-13-11-16-19(20(23)24)18(15-9-7-6-8-10-15)17(14(3)22-16)21(25)26-5-2/h6-11,13,18,22H,4-5,12H2,1-3H3. The molecule has 0 fully saturated rings. The van der Waals surface area contributed by atoms with Crippen molar-refractivity contribution < 1.29 is 9.53 Å².